The van der Waals surface area contributed by atoms with Crippen LogP contribution in [0.2, 0.25) is 0 Å². The zero-order chi connectivity index (χ0) is 31.8. The molecule has 0 spiro atoms. The highest BCUT2D eigenvalue weighted by Crippen LogP contribution is 2.47. The number of hydrogen-bond acceptors (Lipinski definition) is 1. The molecule has 5 aromatic heterocycles. The third-order valence-electron chi connectivity index (χ3n) is 10.7. The maximum Gasteiger partial charge on any atom is 0.145 e. The van der Waals surface area contributed by atoms with Crippen LogP contribution in [0.15, 0.2) is 158 Å². The van der Waals surface area contributed by atoms with E-state index in [1.165, 1.54) is 76.1 Å². The van der Waals surface area contributed by atoms with Gasteiger partial charge in [0.2, 0.25) is 0 Å². The predicted octanol–water partition coefficient (Wildman–Crippen LogP) is 11.6. The molecule has 0 saturated carbocycles. The van der Waals surface area contributed by atoms with Crippen LogP contribution in [0, 0.1) is 0 Å². The summed E-state index contributed by atoms with van der Waals surface area (Å²) < 4.78 is 7.22. The lowest BCUT2D eigenvalue weighted by molar-refractivity contribution is 1.11. The smallest absolute Gasteiger partial charge is 0.145 e. The number of para-hydroxylation sites is 4. The average molecular weight is 623 g/mol. The van der Waals surface area contributed by atoms with Crippen LogP contribution in [0.4, 0.5) is 0 Å². The lowest BCUT2D eigenvalue weighted by atomic mass is 10.0. The summed E-state index contributed by atoms with van der Waals surface area (Å²) in [5, 5.41) is 12.5. The molecule has 0 aliphatic heterocycles. The molecule has 0 aliphatic rings. The maximum absolute atomic E-state index is 5.26. The second kappa shape index (κ2) is 9.03. The van der Waals surface area contributed by atoms with Gasteiger partial charge in [-0.2, -0.15) is 0 Å². The SMILES string of the molecule is c1ccc(-n2c3ccccc3c3cc(-n4c5cc6ccccc6cc5c5c6c7ccccc7n7c8ccccc8c(cc54)c67)cnc32)cc1. The molecule has 0 aliphatic carbocycles. The largest absolute Gasteiger partial charge is 0.308 e. The second-order valence-corrected chi connectivity index (χ2v) is 13.2. The molecule has 49 heavy (non-hydrogen) atoms. The Morgan fingerprint density at radius 1 is 0.367 bits per heavy atom. The van der Waals surface area contributed by atoms with E-state index in [0.29, 0.717) is 0 Å². The van der Waals surface area contributed by atoms with Gasteiger partial charge >= 0.3 is 0 Å². The third-order valence-corrected chi connectivity index (χ3v) is 10.7. The van der Waals surface area contributed by atoms with E-state index in [1.54, 1.807) is 0 Å². The van der Waals surface area contributed by atoms with E-state index in [4.69, 9.17) is 4.98 Å². The topological polar surface area (TPSA) is 27.2 Å². The van der Waals surface area contributed by atoms with Crippen LogP contribution in [0.25, 0.3) is 104 Å². The summed E-state index contributed by atoms with van der Waals surface area (Å²) in [6.45, 7) is 0. The lowest BCUT2D eigenvalue weighted by Crippen LogP contribution is -1.98. The molecule has 0 bridgehead atoms. The molecule has 0 unspecified atom stereocenters. The molecule has 5 heterocycles. The van der Waals surface area contributed by atoms with Crippen molar-refractivity contribution in [1.29, 1.82) is 0 Å². The van der Waals surface area contributed by atoms with Crippen LogP contribution < -0.4 is 0 Å². The van der Waals surface area contributed by atoms with Gasteiger partial charge in [0.1, 0.15) is 5.65 Å². The maximum atomic E-state index is 5.26. The Hall–Kier alpha value is -6.65. The molecule has 12 rings (SSSR count). The van der Waals surface area contributed by atoms with Gasteiger partial charge in [-0.1, -0.05) is 97.1 Å². The first kappa shape index (κ1) is 25.4. The van der Waals surface area contributed by atoms with Crippen LogP contribution >= 0.6 is 0 Å². The molecule has 0 atom stereocenters. The Morgan fingerprint density at radius 2 is 1.00 bits per heavy atom. The third kappa shape index (κ3) is 3.16. The molecule has 7 aromatic carbocycles. The van der Waals surface area contributed by atoms with Crippen molar-refractivity contribution in [3.05, 3.63) is 158 Å². The highest BCUT2D eigenvalue weighted by Gasteiger charge is 2.25. The second-order valence-electron chi connectivity index (χ2n) is 13.2. The van der Waals surface area contributed by atoms with Gasteiger partial charge in [-0.3, -0.25) is 4.57 Å². The first-order valence-electron chi connectivity index (χ1n) is 16.8. The van der Waals surface area contributed by atoms with Crippen molar-refractivity contribution in [3.8, 4) is 11.4 Å². The molecule has 0 saturated heterocycles. The molecule has 226 valence electrons. The Bertz CT molecular complexity index is 3320. The summed E-state index contributed by atoms with van der Waals surface area (Å²) in [5.41, 5.74) is 10.4. The molecule has 0 fully saturated rings. The van der Waals surface area contributed by atoms with Crippen molar-refractivity contribution < 1.29 is 0 Å². The number of pyridine rings is 1. The van der Waals surface area contributed by atoms with E-state index in [9.17, 15) is 0 Å². The minimum absolute atomic E-state index is 0.959. The van der Waals surface area contributed by atoms with E-state index in [2.05, 4.69) is 171 Å². The Balaban J connectivity index is 1.30. The quantitative estimate of drug-likeness (QED) is 0.188. The van der Waals surface area contributed by atoms with Gasteiger partial charge in [0.15, 0.2) is 0 Å². The summed E-state index contributed by atoms with van der Waals surface area (Å²) in [6, 6.07) is 55.2. The minimum atomic E-state index is 0.959. The fraction of sp³-hybridized carbons (Fsp3) is 0. The number of aromatic nitrogens is 4. The van der Waals surface area contributed by atoms with E-state index in [0.717, 1.165) is 27.9 Å². The van der Waals surface area contributed by atoms with Gasteiger partial charge < -0.3 is 8.97 Å². The van der Waals surface area contributed by atoms with Gasteiger partial charge in [-0.15, -0.1) is 0 Å². The fourth-order valence-electron chi connectivity index (χ4n) is 8.77. The van der Waals surface area contributed by atoms with Crippen molar-refractivity contribution in [3.63, 3.8) is 0 Å². The van der Waals surface area contributed by atoms with Gasteiger partial charge in [0.25, 0.3) is 0 Å². The number of hydrogen-bond donors (Lipinski definition) is 0. The zero-order valence-corrected chi connectivity index (χ0v) is 26.3. The van der Waals surface area contributed by atoms with Gasteiger partial charge in [-0.25, -0.2) is 4.98 Å². The average Bonchev–Trinajstić information content (AvgIpc) is 3.87. The summed E-state index contributed by atoms with van der Waals surface area (Å²) in [7, 11) is 0. The highest BCUT2D eigenvalue weighted by atomic mass is 15.1. The van der Waals surface area contributed by atoms with Gasteiger partial charge in [0, 0.05) is 48.8 Å². The monoisotopic (exact) mass is 622 g/mol. The van der Waals surface area contributed by atoms with Gasteiger partial charge in [-0.05, 0) is 65.4 Å². The van der Waals surface area contributed by atoms with Gasteiger partial charge in [0.05, 0.1) is 45.0 Å². The molecular weight excluding hydrogens is 597 g/mol. The van der Waals surface area contributed by atoms with Crippen molar-refractivity contribution >= 4 is 92.6 Å². The summed E-state index contributed by atoms with van der Waals surface area (Å²) >= 11 is 0. The van der Waals surface area contributed by atoms with Crippen LogP contribution in [-0.2, 0) is 0 Å². The van der Waals surface area contributed by atoms with Crippen molar-refractivity contribution in [2.24, 2.45) is 0 Å². The Morgan fingerprint density at radius 3 is 1.80 bits per heavy atom. The first-order chi connectivity index (χ1) is 24.3. The number of nitrogens with zero attached hydrogens (tertiary/aromatic N) is 4. The molecule has 12 aromatic rings. The molecule has 0 radical (unpaired) electrons. The highest BCUT2D eigenvalue weighted by molar-refractivity contribution is 6.36. The summed E-state index contributed by atoms with van der Waals surface area (Å²) in [5.74, 6) is 0. The van der Waals surface area contributed by atoms with E-state index >= 15 is 0 Å². The molecule has 0 N–H and O–H groups in total. The lowest BCUT2D eigenvalue weighted by Gasteiger charge is -2.10. The zero-order valence-electron chi connectivity index (χ0n) is 26.3. The van der Waals surface area contributed by atoms with Crippen molar-refractivity contribution in [2.45, 2.75) is 0 Å². The fourth-order valence-corrected chi connectivity index (χ4v) is 8.77. The Labute approximate surface area is 279 Å². The number of benzene rings is 7. The first-order valence-corrected chi connectivity index (χ1v) is 16.8. The van der Waals surface area contributed by atoms with E-state index < -0.39 is 0 Å². The molecular formula is C45H26N4. The summed E-state index contributed by atoms with van der Waals surface area (Å²) in [4.78, 5) is 5.26. The Kier molecular flexibility index (Phi) is 4.69. The van der Waals surface area contributed by atoms with Crippen LogP contribution in [-0.4, -0.2) is 18.5 Å². The van der Waals surface area contributed by atoms with Crippen molar-refractivity contribution in [1.82, 2.24) is 18.5 Å². The van der Waals surface area contributed by atoms with Crippen molar-refractivity contribution in [2.75, 3.05) is 0 Å². The minimum Gasteiger partial charge on any atom is -0.308 e. The van der Waals surface area contributed by atoms with Crippen LogP contribution in [0.5, 0.6) is 0 Å². The van der Waals surface area contributed by atoms with E-state index in [-0.39, 0.29) is 0 Å². The summed E-state index contributed by atoms with van der Waals surface area (Å²) in [6.07, 6.45) is 2.06. The number of fused-ring (bicyclic) bond motifs is 14. The van der Waals surface area contributed by atoms with E-state index in [1.807, 2.05) is 0 Å². The standard InChI is InChI=1S/C45H26N4/c1-2-14-29(15-3-1)48-37-19-9-7-17-32(37)35-24-30(26-46-45(35)48)47-40-23-28-13-5-4-12-27(28)22-36(40)42-41(47)25-34-31-16-6-10-20-38(31)49-39-21-11-8-18-33(39)43(42)44(34)49/h1-26H. The van der Waals surface area contributed by atoms with Crippen LogP contribution in [0.1, 0.15) is 0 Å². The van der Waals surface area contributed by atoms with Crippen LogP contribution in [0.3, 0.4) is 0 Å². The predicted molar refractivity (Wildman–Crippen MR) is 205 cm³/mol. The molecule has 4 heteroatoms. The normalized spacial score (nSPS) is 12.5. The molecule has 0 amide bonds. The molecule has 4 nitrogen and oxygen atoms in total. The number of rotatable bonds is 2.